The monoisotopic (exact) mass is 355 g/mol. The van der Waals surface area contributed by atoms with E-state index < -0.39 is 0 Å². The van der Waals surface area contributed by atoms with Crippen LogP contribution < -0.4 is 10.6 Å². The first-order valence-electron chi connectivity index (χ1n) is 8.23. The van der Waals surface area contributed by atoms with Crippen LogP contribution in [-0.2, 0) is 4.74 Å². The number of hydrogen-bond acceptors (Lipinski definition) is 4. The molecule has 6 heteroatoms. The van der Waals surface area contributed by atoms with Crippen molar-refractivity contribution in [3.8, 4) is 5.69 Å². The summed E-state index contributed by atoms with van der Waals surface area (Å²) >= 11 is 6.22. The summed E-state index contributed by atoms with van der Waals surface area (Å²) in [6, 6.07) is 15.1. The number of ether oxygens (including phenoxy) is 1. The van der Waals surface area contributed by atoms with Crippen molar-refractivity contribution >= 4 is 28.3 Å². The van der Waals surface area contributed by atoms with E-state index in [9.17, 15) is 4.79 Å². The van der Waals surface area contributed by atoms with Gasteiger partial charge in [0.1, 0.15) is 5.82 Å². The van der Waals surface area contributed by atoms with Gasteiger partial charge in [0.15, 0.2) is 0 Å². The molecule has 4 rings (SSSR count). The first-order chi connectivity index (χ1) is 12.2. The molecule has 1 fully saturated rings. The van der Waals surface area contributed by atoms with Crippen LogP contribution in [0, 0.1) is 0 Å². The number of benzene rings is 2. The summed E-state index contributed by atoms with van der Waals surface area (Å²) in [4.78, 5) is 19.3. The van der Waals surface area contributed by atoms with Gasteiger partial charge in [-0.25, -0.2) is 4.79 Å². The van der Waals surface area contributed by atoms with Crippen molar-refractivity contribution in [2.24, 2.45) is 0 Å². The van der Waals surface area contributed by atoms with Gasteiger partial charge >= 0.3 is 5.69 Å². The molecule has 128 valence electrons. The quantitative estimate of drug-likeness (QED) is 0.723. The highest BCUT2D eigenvalue weighted by molar-refractivity contribution is 6.31. The fraction of sp³-hybridized carbons (Fsp3) is 0.263. The molecule has 0 bridgehead atoms. The Morgan fingerprint density at radius 2 is 2.00 bits per heavy atom. The number of anilines is 1. The van der Waals surface area contributed by atoms with Gasteiger partial charge in [0.25, 0.3) is 0 Å². The summed E-state index contributed by atoms with van der Waals surface area (Å²) in [5.74, 6) is 0.698. The third-order valence-electron chi connectivity index (χ3n) is 4.63. The van der Waals surface area contributed by atoms with Crippen molar-refractivity contribution < 1.29 is 4.74 Å². The Hall–Kier alpha value is -2.37. The molecular weight excluding hydrogens is 338 g/mol. The Balaban J connectivity index is 1.95. The number of methoxy groups -OCH3 is 1. The molecule has 0 spiro atoms. The van der Waals surface area contributed by atoms with Crippen molar-refractivity contribution in [1.82, 2.24) is 9.55 Å². The lowest BCUT2D eigenvalue weighted by atomic mass is 10.2. The first-order valence-corrected chi connectivity index (χ1v) is 8.60. The minimum atomic E-state index is -0.308. The number of aromatic nitrogens is 2. The Labute approximate surface area is 150 Å². The molecule has 0 aliphatic carbocycles. The standard InChI is InChI=1S/C19H18ClN3O2/c1-25-15-9-10-22(12-15)18-16-8-7-13(20)11-17(16)23(19(24)21-18)14-5-3-2-4-6-14/h2-8,11,15H,9-10,12H2,1H3/t15-/m0/s1. The van der Waals surface area contributed by atoms with Gasteiger partial charge in [0.2, 0.25) is 0 Å². The van der Waals surface area contributed by atoms with E-state index in [1.807, 2.05) is 48.5 Å². The first kappa shape index (κ1) is 16.1. The maximum atomic E-state index is 12.8. The molecule has 0 amide bonds. The van der Waals surface area contributed by atoms with Gasteiger partial charge < -0.3 is 9.64 Å². The number of nitrogens with zero attached hydrogens (tertiary/aromatic N) is 3. The van der Waals surface area contributed by atoms with E-state index in [1.165, 1.54) is 0 Å². The zero-order valence-electron chi connectivity index (χ0n) is 13.9. The van der Waals surface area contributed by atoms with Crippen LogP contribution in [0.2, 0.25) is 5.02 Å². The second-order valence-electron chi connectivity index (χ2n) is 6.14. The highest BCUT2D eigenvalue weighted by Gasteiger charge is 2.26. The van der Waals surface area contributed by atoms with Crippen LogP contribution in [0.3, 0.4) is 0 Å². The molecule has 3 aromatic rings. The van der Waals surface area contributed by atoms with Gasteiger partial charge in [-0.05, 0) is 36.8 Å². The van der Waals surface area contributed by atoms with Crippen LogP contribution in [0.5, 0.6) is 0 Å². The highest BCUT2D eigenvalue weighted by atomic mass is 35.5. The van der Waals surface area contributed by atoms with Crippen LogP contribution >= 0.6 is 11.6 Å². The molecule has 1 atom stereocenters. The molecule has 1 saturated heterocycles. The van der Waals surface area contributed by atoms with Crippen LogP contribution in [0.4, 0.5) is 5.82 Å². The number of fused-ring (bicyclic) bond motifs is 1. The van der Waals surface area contributed by atoms with E-state index >= 15 is 0 Å². The maximum absolute atomic E-state index is 12.8. The SMILES string of the molecule is CO[C@H]1CCN(c2nc(=O)n(-c3ccccc3)c3cc(Cl)ccc23)C1. The summed E-state index contributed by atoms with van der Waals surface area (Å²) in [7, 11) is 1.72. The number of para-hydroxylation sites is 1. The lowest BCUT2D eigenvalue weighted by Crippen LogP contribution is -2.29. The summed E-state index contributed by atoms with van der Waals surface area (Å²) in [5.41, 5.74) is 1.22. The van der Waals surface area contributed by atoms with E-state index in [0.717, 1.165) is 36.1 Å². The molecule has 2 aromatic carbocycles. The van der Waals surface area contributed by atoms with Gasteiger partial charge in [0.05, 0.1) is 17.3 Å². The molecule has 1 aliphatic rings. The summed E-state index contributed by atoms with van der Waals surface area (Å²) in [6.07, 6.45) is 1.09. The van der Waals surface area contributed by atoms with E-state index in [2.05, 4.69) is 9.88 Å². The van der Waals surface area contributed by atoms with Gasteiger partial charge in [0, 0.05) is 30.6 Å². The molecular formula is C19H18ClN3O2. The lowest BCUT2D eigenvalue weighted by molar-refractivity contribution is 0.121. The van der Waals surface area contributed by atoms with Crippen molar-refractivity contribution in [3.63, 3.8) is 0 Å². The van der Waals surface area contributed by atoms with Gasteiger partial charge in [-0.2, -0.15) is 4.98 Å². The molecule has 0 unspecified atom stereocenters. The minimum absolute atomic E-state index is 0.167. The van der Waals surface area contributed by atoms with Crippen molar-refractivity contribution in [3.05, 3.63) is 64.0 Å². The Morgan fingerprint density at radius 3 is 2.72 bits per heavy atom. The largest absolute Gasteiger partial charge is 0.380 e. The lowest BCUT2D eigenvalue weighted by Gasteiger charge is -2.20. The van der Waals surface area contributed by atoms with E-state index in [-0.39, 0.29) is 11.8 Å². The molecule has 0 N–H and O–H groups in total. The average molecular weight is 356 g/mol. The molecule has 1 aliphatic heterocycles. The summed E-state index contributed by atoms with van der Waals surface area (Å²) in [5, 5.41) is 1.49. The maximum Gasteiger partial charge on any atom is 0.354 e. The van der Waals surface area contributed by atoms with Crippen molar-refractivity contribution in [2.75, 3.05) is 25.1 Å². The molecule has 0 saturated carbocycles. The second kappa shape index (κ2) is 6.50. The van der Waals surface area contributed by atoms with Crippen LogP contribution in [-0.4, -0.2) is 35.9 Å². The number of halogens is 1. The summed E-state index contributed by atoms with van der Waals surface area (Å²) < 4.78 is 7.05. The fourth-order valence-corrected chi connectivity index (χ4v) is 3.53. The van der Waals surface area contributed by atoms with E-state index in [0.29, 0.717) is 10.8 Å². The Kier molecular flexibility index (Phi) is 4.19. The number of rotatable bonds is 3. The van der Waals surface area contributed by atoms with Crippen LogP contribution in [0.15, 0.2) is 53.3 Å². The van der Waals surface area contributed by atoms with Crippen LogP contribution in [0.1, 0.15) is 6.42 Å². The zero-order chi connectivity index (χ0) is 17.4. The van der Waals surface area contributed by atoms with Crippen LogP contribution in [0.25, 0.3) is 16.6 Å². The van der Waals surface area contributed by atoms with E-state index in [4.69, 9.17) is 16.3 Å². The van der Waals surface area contributed by atoms with E-state index in [1.54, 1.807) is 11.7 Å². The zero-order valence-corrected chi connectivity index (χ0v) is 14.6. The minimum Gasteiger partial charge on any atom is -0.380 e. The molecule has 5 nitrogen and oxygen atoms in total. The molecule has 25 heavy (non-hydrogen) atoms. The topological polar surface area (TPSA) is 47.4 Å². The molecule has 1 aromatic heterocycles. The average Bonchev–Trinajstić information content (AvgIpc) is 3.10. The van der Waals surface area contributed by atoms with Crippen molar-refractivity contribution in [2.45, 2.75) is 12.5 Å². The second-order valence-corrected chi connectivity index (χ2v) is 6.58. The summed E-state index contributed by atoms with van der Waals surface area (Å²) in [6.45, 7) is 1.55. The third-order valence-corrected chi connectivity index (χ3v) is 4.86. The Morgan fingerprint density at radius 1 is 1.20 bits per heavy atom. The van der Waals surface area contributed by atoms with Gasteiger partial charge in [-0.15, -0.1) is 0 Å². The number of hydrogen-bond donors (Lipinski definition) is 0. The normalized spacial score (nSPS) is 17.4. The molecule has 0 radical (unpaired) electrons. The smallest absolute Gasteiger partial charge is 0.354 e. The predicted octanol–water partition coefficient (Wildman–Crippen LogP) is 3.26. The fourth-order valence-electron chi connectivity index (χ4n) is 3.36. The predicted molar refractivity (Wildman–Crippen MR) is 100.0 cm³/mol. The molecule has 2 heterocycles. The Bertz CT molecular complexity index is 972. The highest BCUT2D eigenvalue weighted by Crippen LogP contribution is 2.29. The van der Waals surface area contributed by atoms with Crippen molar-refractivity contribution in [1.29, 1.82) is 0 Å². The van der Waals surface area contributed by atoms with Gasteiger partial charge in [-0.3, -0.25) is 4.57 Å². The van der Waals surface area contributed by atoms with Gasteiger partial charge in [-0.1, -0.05) is 29.8 Å². The third kappa shape index (κ3) is 2.90.